The fourth-order valence-corrected chi connectivity index (χ4v) is 1.84. The number of aliphatic hydroxyl groups is 1. The van der Waals surface area contributed by atoms with Crippen LogP contribution in [-0.4, -0.2) is 18.8 Å². The quantitative estimate of drug-likeness (QED) is 0.865. The van der Waals surface area contributed by atoms with E-state index in [0.717, 1.165) is 20.8 Å². The van der Waals surface area contributed by atoms with Crippen molar-refractivity contribution >= 4 is 22.6 Å². The highest BCUT2D eigenvalue weighted by Gasteiger charge is 2.09. The van der Waals surface area contributed by atoms with Crippen LogP contribution in [-0.2, 0) is 0 Å². The van der Waals surface area contributed by atoms with E-state index in [1.165, 1.54) is 0 Å². The lowest BCUT2D eigenvalue weighted by molar-refractivity contribution is 0.314. The van der Waals surface area contributed by atoms with Crippen LogP contribution in [0, 0.1) is 9.49 Å². The van der Waals surface area contributed by atoms with Crippen molar-refractivity contribution in [3.8, 4) is 5.75 Å². The largest absolute Gasteiger partial charge is 0.497 e. The second-order valence-electron chi connectivity index (χ2n) is 2.78. The van der Waals surface area contributed by atoms with E-state index in [2.05, 4.69) is 22.6 Å². The van der Waals surface area contributed by atoms with Crippen molar-refractivity contribution < 1.29 is 9.84 Å². The zero-order valence-electron chi connectivity index (χ0n) is 7.67. The Kier molecular flexibility index (Phi) is 3.99. The highest BCUT2D eigenvalue weighted by Crippen LogP contribution is 2.25. The Balaban J connectivity index is 3.03. The SMILES string of the molecule is COc1ccc(I)c([C](C)CO)c1. The molecule has 0 fully saturated rings. The lowest BCUT2D eigenvalue weighted by Gasteiger charge is -2.11. The minimum absolute atomic E-state index is 0.0865. The van der Waals surface area contributed by atoms with Crippen LogP contribution >= 0.6 is 22.6 Å². The van der Waals surface area contributed by atoms with Gasteiger partial charge in [0.05, 0.1) is 13.7 Å². The maximum Gasteiger partial charge on any atom is 0.119 e. The molecule has 0 unspecified atom stereocenters. The summed E-state index contributed by atoms with van der Waals surface area (Å²) in [6.45, 7) is 2.00. The Morgan fingerprint density at radius 3 is 2.77 bits per heavy atom. The van der Waals surface area contributed by atoms with E-state index in [1.54, 1.807) is 7.11 Å². The molecule has 0 saturated carbocycles. The van der Waals surface area contributed by atoms with Crippen LogP contribution < -0.4 is 4.74 Å². The van der Waals surface area contributed by atoms with Gasteiger partial charge in [-0.3, -0.25) is 0 Å². The summed E-state index contributed by atoms with van der Waals surface area (Å²) in [6.07, 6.45) is 0. The maximum absolute atomic E-state index is 9.00. The van der Waals surface area contributed by atoms with Gasteiger partial charge in [-0.15, -0.1) is 0 Å². The number of halogens is 1. The van der Waals surface area contributed by atoms with E-state index < -0.39 is 0 Å². The molecule has 1 aromatic carbocycles. The summed E-state index contributed by atoms with van der Waals surface area (Å²) in [5.74, 6) is 1.78. The Labute approximate surface area is 92.1 Å². The van der Waals surface area contributed by atoms with E-state index in [4.69, 9.17) is 9.84 Å². The van der Waals surface area contributed by atoms with E-state index in [9.17, 15) is 0 Å². The first-order valence-corrected chi connectivity index (χ1v) is 5.04. The molecule has 13 heavy (non-hydrogen) atoms. The van der Waals surface area contributed by atoms with Gasteiger partial charge in [0.15, 0.2) is 0 Å². The molecule has 0 amide bonds. The third kappa shape index (κ3) is 2.57. The minimum Gasteiger partial charge on any atom is -0.497 e. The summed E-state index contributed by atoms with van der Waals surface area (Å²) in [5.41, 5.74) is 1.06. The maximum atomic E-state index is 9.00. The molecule has 1 rings (SSSR count). The number of methoxy groups -OCH3 is 1. The van der Waals surface area contributed by atoms with E-state index in [1.807, 2.05) is 25.1 Å². The van der Waals surface area contributed by atoms with Crippen LogP contribution in [0.1, 0.15) is 12.5 Å². The molecule has 71 valence electrons. The summed E-state index contributed by atoms with van der Waals surface area (Å²) in [5, 5.41) is 9.00. The zero-order chi connectivity index (χ0) is 9.84. The van der Waals surface area contributed by atoms with Crippen LogP contribution in [0.2, 0.25) is 0 Å². The molecular formula is C10H12IO2. The number of hydrogen-bond acceptors (Lipinski definition) is 2. The average molecular weight is 291 g/mol. The highest BCUT2D eigenvalue weighted by molar-refractivity contribution is 14.1. The van der Waals surface area contributed by atoms with Gasteiger partial charge in [-0.2, -0.15) is 0 Å². The lowest BCUT2D eigenvalue weighted by atomic mass is 10.0. The van der Waals surface area contributed by atoms with Crippen molar-refractivity contribution in [1.82, 2.24) is 0 Å². The van der Waals surface area contributed by atoms with Gasteiger partial charge >= 0.3 is 0 Å². The second-order valence-corrected chi connectivity index (χ2v) is 3.95. The minimum atomic E-state index is 0.0865. The summed E-state index contributed by atoms with van der Waals surface area (Å²) in [7, 11) is 1.64. The van der Waals surface area contributed by atoms with E-state index in [0.29, 0.717) is 0 Å². The predicted molar refractivity (Wildman–Crippen MR) is 60.8 cm³/mol. The first-order valence-electron chi connectivity index (χ1n) is 3.96. The summed E-state index contributed by atoms with van der Waals surface area (Å²) in [6, 6.07) is 5.83. The molecule has 0 bridgehead atoms. The predicted octanol–water partition coefficient (Wildman–Crippen LogP) is 2.23. The Bertz CT molecular complexity index is 286. The van der Waals surface area contributed by atoms with Crippen molar-refractivity contribution in [2.75, 3.05) is 13.7 Å². The fraction of sp³-hybridized carbons (Fsp3) is 0.300. The van der Waals surface area contributed by atoms with Crippen molar-refractivity contribution in [3.63, 3.8) is 0 Å². The van der Waals surface area contributed by atoms with Gasteiger partial charge in [0.1, 0.15) is 5.75 Å². The summed E-state index contributed by atoms with van der Waals surface area (Å²) in [4.78, 5) is 0. The molecule has 0 aromatic heterocycles. The van der Waals surface area contributed by atoms with Gasteiger partial charge in [-0.05, 0) is 46.4 Å². The van der Waals surface area contributed by atoms with E-state index >= 15 is 0 Å². The average Bonchev–Trinajstić information content (AvgIpc) is 2.17. The molecule has 0 saturated heterocycles. The van der Waals surface area contributed by atoms with Crippen LogP contribution in [0.5, 0.6) is 5.75 Å². The number of hydrogen-bond donors (Lipinski definition) is 1. The van der Waals surface area contributed by atoms with E-state index in [-0.39, 0.29) is 6.61 Å². The van der Waals surface area contributed by atoms with Crippen LogP contribution in [0.15, 0.2) is 18.2 Å². The van der Waals surface area contributed by atoms with Crippen molar-refractivity contribution in [2.45, 2.75) is 6.92 Å². The Hall–Kier alpha value is -0.290. The lowest BCUT2D eigenvalue weighted by Crippen LogP contribution is -2.02. The molecule has 1 radical (unpaired) electrons. The van der Waals surface area contributed by atoms with Crippen LogP contribution in [0.25, 0.3) is 0 Å². The summed E-state index contributed by atoms with van der Waals surface area (Å²) < 4.78 is 6.24. The standard InChI is InChI=1S/C10H12IO2/c1-7(6-12)9-5-8(13-2)3-4-10(9)11/h3-5,12H,6H2,1-2H3. The Morgan fingerprint density at radius 1 is 1.54 bits per heavy atom. The molecule has 3 heteroatoms. The molecular weight excluding hydrogens is 279 g/mol. The number of ether oxygens (including phenoxy) is 1. The smallest absolute Gasteiger partial charge is 0.119 e. The fourth-order valence-electron chi connectivity index (χ4n) is 1.04. The molecule has 1 N–H and O–H groups in total. The van der Waals surface area contributed by atoms with Crippen molar-refractivity contribution in [2.24, 2.45) is 0 Å². The molecule has 0 aliphatic rings. The third-order valence-electron chi connectivity index (χ3n) is 1.87. The monoisotopic (exact) mass is 291 g/mol. The zero-order valence-corrected chi connectivity index (χ0v) is 9.83. The molecule has 2 nitrogen and oxygen atoms in total. The molecule has 1 aromatic rings. The molecule has 0 heterocycles. The van der Waals surface area contributed by atoms with Crippen molar-refractivity contribution in [1.29, 1.82) is 0 Å². The van der Waals surface area contributed by atoms with Crippen LogP contribution in [0.3, 0.4) is 0 Å². The second kappa shape index (κ2) is 4.81. The normalized spacial score (nSPS) is 10.5. The molecule has 0 spiro atoms. The Morgan fingerprint density at radius 2 is 2.23 bits per heavy atom. The van der Waals surface area contributed by atoms with Gasteiger partial charge in [0, 0.05) is 9.49 Å². The van der Waals surface area contributed by atoms with Gasteiger partial charge in [0.25, 0.3) is 0 Å². The van der Waals surface area contributed by atoms with Gasteiger partial charge < -0.3 is 9.84 Å². The van der Waals surface area contributed by atoms with Crippen LogP contribution in [0.4, 0.5) is 0 Å². The van der Waals surface area contributed by atoms with Gasteiger partial charge in [0.2, 0.25) is 0 Å². The third-order valence-corrected chi connectivity index (χ3v) is 2.81. The first kappa shape index (κ1) is 10.8. The number of aliphatic hydroxyl groups excluding tert-OH is 1. The molecule has 0 aliphatic heterocycles. The topological polar surface area (TPSA) is 29.5 Å². The van der Waals surface area contributed by atoms with Gasteiger partial charge in [-0.1, -0.05) is 6.92 Å². The molecule has 0 atom stereocenters. The van der Waals surface area contributed by atoms with Crippen molar-refractivity contribution in [3.05, 3.63) is 33.3 Å². The highest BCUT2D eigenvalue weighted by atomic mass is 127. The summed E-state index contributed by atoms with van der Waals surface area (Å²) >= 11 is 2.24. The number of rotatable bonds is 3. The first-order chi connectivity index (χ1) is 6.19. The number of benzene rings is 1. The molecule has 0 aliphatic carbocycles. The van der Waals surface area contributed by atoms with Gasteiger partial charge in [-0.25, -0.2) is 0 Å².